The molecule has 0 spiro atoms. The van der Waals surface area contributed by atoms with Gasteiger partial charge in [0.1, 0.15) is 11.6 Å². The molecule has 2 aromatic rings. The van der Waals surface area contributed by atoms with Gasteiger partial charge in [0.25, 0.3) is 5.91 Å². The Hall–Kier alpha value is -2.87. The summed E-state index contributed by atoms with van der Waals surface area (Å²) in [7, 11) is 3.71. The van der Waals surface area contributed by atoms with Crippen LogP contribution in [0.3, 0.4) is 0 Å². The Morgan fingerprint density at radius 3 is 2.57 bits per heavy atom. The Kier molecular flexibility index (Phi) is 5.32. The largest absolute Gasteiger partial charge is 0.363 e. The lowest BCUT2D eigenvalue weighted by atomic mass is 10.1. The maximum absolute atomic E-state index is 13.0. The Morgan fingerprint density at radius 2 is 1.96 bits per heavy atom. The fraction of sp³-hybridized carbons (Fsp3) is 0.222. The molecule has 0 saturated carbocycles. The first-order chi connectivity index (χ1) is 11.0. The van der Waals surface area contributed by atoms with Crippen molar-refractivity contribution in [3.8, 4) is 12.3 Å². The fourth-order valence-electron chi connectivity index (χ4n) is 2.10. The standard InChI is InChI=1S/C18H18FN3O/c1-4-11-22(13-14-5-7-16(19)8-6-14)18(23)15-9-10-20-17(12-15)21(2)3/h1,5-10,12H,11,13H2,2-3H3. The highest BCUT2D eigenvalue weighted by Crippen LogP contribution is 2.14. The van der Waals surface area contributed by atoms with Crippen LogP contribution in [0, 0.1) is 18.2 Å². The van der Waals surface area contributed by atoms with Gasteiger partial charge in [-0.2, -0.15) is 0 Å². The summed E-state index contributed by atoms with van der Waals surface area (Å²) in [5.74, 6) is 2.69. The SMILES string of the molecule is C#CCN(Cc1ccc(F)cc1)C(=O)c1ccnc(N(C)C)c1. The highest BCUT2D eigenvalue weighted by molar-refractivity contribution is 5.95. The molecule has 1 amide bonds. The summed E-state index contributed by atoms with van der Waals surface area (Å²) in [5, 5.41) is 0. The van der Waals surface area contributed by atoms with Crippen molar-refractivity contribution in [1.29, 1.82) is 0 Å². The monoisotopic (exact) mass is 311 g/mol. The van der Waals surface area contributed by atoms with E-state index in [0.29, 0.717) is 17.9 Å². The van der Waals surface area contributed by atoms with Gasteiger partial charge in [-0.25, -0.2) is 9.37 Å². The van der Waals surface area contributed by atoms with Gasteiger partial charge in [0.05, 0.1) is 6.54 Å². The van der Waals surface area contributed by atoms with Crippen LogP contribution in [0.25, 0.3) is 0 Å². The van der Waals surface area contributed by atoms with Crippen molar-refractivity contribution in [2.24, 2.45) is 0 Å². The first-order valence-corrected chi connectivity index (χ1v) is 7.12. The second kappa shape index (κ2) is 7.41. The number of nitrogens with zero attached hydrogens (tertiary/aromatic N) is 3. The van der Waals surface area contributed by atoms with E-state index in [2.05, 4.69) is 10.9 Å². The van der Waals surface area contributed by atoms with E-state index in [4.69, 9.17) is 6.42 Å². The average molecular weight is 311 g/mol. The zero-order valence-corrected chi connectivity index (χ0v) is 13.2. The Bertz CT molecular complexity index is 720. The fourth-order valence-corrected chi connectivity index (χ4v) is 2.10. The molecule has 0 N–H and O–H groups in total. The molecule has 2 rings (SSSR count). The summed E-state index contributed by atoms with van der Waals surface area (Å²) in [6.07, 6.45) is 6.97. The predicted molar refractivity (Wildman–Crippen MR) is 88.5 cm³/mol. The first-order valence-electron chi connectivity index (χ1n) is 7.12. The van der Waals surface area contributed by atoms with Gasteiger partial charge >= 0.3 is 0 Å². The number of hydrogen-bond acceptors (Lipinski definition) is 3. The molecule has 1 aromatic heterocycles. The lowest BCUT2D eigenvalue weighted by Gasteiger charge is -2.21. The van der Waals surface area contributed by atoms with Gasteiger partial charge in [-0.15, -0.1) is 6.42 Å². The molecule has 0 aliphatic rings. The molecule has 0 bridgehead atoms. The number of aromatic nitrogens is 1. The number of halogens is 1. The quantitative estimate of drug-likeness (QED) is 0.796. The molecule has 5 heteroatoms. The number of amides is 1. The highest BCUT2D eigenvalue weighted by Gasteiger charge is 2.16. The molecule has 0 saturated heterocycles. The van der Waals surface area contributed by atoms with Crippen LogP contribution in [-0.2, 0) is 6.54 Å². The Labute approximate surface area is 135 Å². The number of pyridine rings is 1. The number of anilines is 1. The lowest BCUT2D eigenvalue weighted by Crippen LogP contribution is -2.31. The maximum Gasteiger partial charge on any atom is 0.255 e. The van der Waals surface area contributed by atoms with Crippen LogP contribution < -0.4 is 4.90 Å². The van der Waals surface area contributed by atoms with Gasteiger partial charge in [0, 0.05) is 32.4 Å². The zero-order chi connectivity index (χ0) is 16.8. The van der Waals surface area contributed by atoms with Gasteiger partial charge in [-0.3, -0.25) is 4.79 Å². The van der Waals surface area contributed by atoms with Crippen LogP contribution in [0.5, 0.6) is 0 Å². The predicted octanol–water partition coefficient (Wildman–Crippen LogP) is 2.56. The minimum Gasteiger partial charge on any atom is -0.363 e. The maximum atomic E-state index is 13.0. The molecule has 118 valence electrons. The van der Waals surface area contributed by atoms with E-state index < -0.39 is 0 Å². The zero-order valence-electron chi connectivity index (χ0n) is 13.2. The van der Waals surface area contributed by atoms with Gasteiger partial charge in [0.2, 0.25) is 0 Å². The van der Waals surface area contributed by atoms with Gasteiger partial charge < -0.3 is 9.80 Å². The topological polar surface area (TPSA) is 36.4 Å². The van der Waals surface area contributed by atoms with Crippen molar-refractivity contribution in [2.75, 3.05) is 25.5 Å². The molecule has 0 aliphatic heterocycles. The van der Waals surface area contributed by atoms with Crippen LogP contribution in [0.1, 0.15) is 15.9 Å². The Balaban J connectivity index is 2.23. The van der Waals surface area contributed by atoms with Crippen LogP contribution in [0.15, 0.2) is 42.6 Å². The van der Waals surface area contributed by atoms with E-state index in [9.17, 15) is 9.18 Å². The third-order valence-corrected chi connectivity index (χ3v) is 3.31. The van der Waals surface area contributed by atoms with Gasteiger partial charge in [0.15, 0.2) is 0 Å². The Morgan fingerprint density at radius 1 is 1.26 bits per heavy atom. The summed E-state index contributed by atoms with van der Waals surface area (Å²) in [6.45, 7) is 0.499. The smallest absolute Gasteiger partial charge is 0.255 e. The van der Waals surface area contributed by atoms with Crippen LogP contribution in [0.2, 0.25) is 0 Å². The molecule has 0 atom stereocenters. The molecule has 1 heterocycles. The molecule has 0 unspecified atom stereocenters. The highest BCUT2D eigenvalue weighted by atomic mass is 19.1. The van der Waals surface area contributed by atoms with Gasteiger partial charge in [-0.05, 0) is 29.8 Å². The molecule has 0 radical (unpaired) electrons. The van der Waals surface area contributed by atoms with Crippen molar-refractivity contribution >= 4 is 11.7 Å². The molecule has 23 heavy (non-hydrogen) atoms. The second-order valence-electron chi connectivity index (χ2n) is 5.29. The molecular formula is C18H18FN3O. The van der Waals surface area contributed by atoms with Crippen molar-refractivity contribution in [2.45, 2.75) is 6.54 Å². The summed E-state index contributed by atoms with van der Waals surface area (Å²) < 4.78 is 13.0. The van der Waals surface area contributed by atoms with E-state index in [1.807, 2.05) is 19.0 Å². The van der Waals surface area contributed by atoms with Crippen molar-refractivity contribution in [3.63, 3.8) is 0 Å². The molecule has 1 aromatic carbocycles. The van der Waals surface area contributed by atoms with Crippen molar-refractivity contribution in [1.82, 2.24) is 9.88 Å². The third-order valence-electron chi connectivity index (χ3n) is 3.31. The normalized spacial score (nSPS) is 10.0. The number of terminal acetylenes is 1. The number of carbonyl (C=O) groups is 1. The molecular weight excluding hydrogens is 293 g/mol. The minimum absolute atomic E-state index is 0.176. The van der Waals surface area contributed by atoms with E-state index in [1.165, 1.54) is 12.1 Å². The number of benzene rings is 1. The molecule has 0 fully saturated rings. The van der Waals surface area contributed by atoms with E-state index in [0.717, 1.165) is 5.56 Å². The van der Waals surface area contributed by atoms with Gasteiger partial charge in [-0.1, -0.05) is 18.1 Å². The number of carbonyl (C=O) groups excluding carboxylic acids is 1. The summed E-state index contributed by atoms with van der Waals surface area (Å²) in [6, 6.07) is 9.39. The average Bonchev–Trinajstić information content (AvgIpc) is 2.56. The minimum atomic E-state index is -0.312. The molecule has 4 nitrogen and oxygen atoms in total. The summed E-state index contributed by atoms with van der Waals surface area (Å²) in [4.78, 5) is 20.2. The summed E-state index contributed by atoms with van der Waals surface area (Å²) >= 11 is 0. The van der Waals surface area contributed by atoms with E-state index >= 15 is 0 Å². The molecule has 0 aliphatic carbocycles. The first kappa shape index (κ1) is 16.5. The lowest BCUT2D eigenvalue weighted by molar-refractivity contribution is 0.0765. The number of rotatable bonds is 5. The van der Waals surface area contributed by atoms with Crippen LogP contribution in [0.4, 0.5) is 10.2 Å². The van der Waals surface area contributed by atoms with Crippen LogP contribution >= 0.6 is 0 Å². The van der Waals surface area contributed by atoms with E-state index in [1.54, 1.807) is 35.4 Å². The van der Waals surface area contributed by atoms with Crippen molar-refractivity contribution < 1.29 is 9.18 Å². The number of hydrogen-bond donors (Lipinski definition) is 0. The van der Waals surface area contributed by atoms with Crippen molar-refractivity contribution in [3.05, 3.63) is 59.5 Å². The third kappa shape index (κ3) is 4.30. The van der Waals surface area contributed by atoms with E-state index in [-0.39, 0.29) is 18.3 Å². The second-order valence-corrected chi connectivity index (χ2v) is 5.29. The van der Waals surface area contributed by atoms with Crippen LogP contribution in [-0.4, -0.2) is 36.4 Å². The summed E-state index contributed by atoms with van der Waals surface area (Å²) in [5.41, 5.74) is 1.33.